The Balaban J connectivity index is 2.06. The summed E-state index contributed by atoms with van der Waals surface area (Å²) in [6.07, 6.45) is 2.22. The fourth-order valence-corrected chi connectivity index (χ4v) is 2.94. The van der Waals surface area contributed by atoms with Crippen molar-refractivity contribution < 1.29 is 9.90 Å². The van der Waals surface area contributed by atoms with Crippen molar-refractivity contribution in [1.29, 1.82) is 10.5 Å². The van der Waals surface area contributed by atoms with E-state index in [1.54, 1.807) is 30.5 Å². The van der Waals surface area contributed by atoms with Gasteiger partial charge in [-0.2, -0.15) is 10.5 Å². The molecular formula is C18H16N8O2. The number of benzene rings is 1. The number of nitrogen functional groups attached to an aromatic ring is 2. The standard InChI is InChI=1S/C18H16N8O2/c19-7-11-14(21)13-15(10-4-1-9(2-5-10)3-6-12(27)28)24-18(23-8-20)26-17(13)25-16(11)22/h1-2,4-5,15H,3,6H2,(H,27,28)(H6,21,22,23,24,25,26). The number of carbonyl (C=O) groups is 1. The first-order chi connectivity index (χ1) is 13.4. The first-order valence-corrected chi connectivity index (χ1v) is 8.24. The van der Waals surface area contributed by atoms with Crippen LogP contribution >= 0.6 is 0 Å². The van der Waals surface area contributed by atoms with Crippen LogP contribution in [0.25, 0.3) is 0 Å². The molecule has 140 valence electrons. The Labute approximate surface area is 160 Å². The largest absolute Gasteiger partial charge is 0.481 e. The number of hydrogen-bond acceptors (Lipinski definition) is 9. The maximum Gasteiger partial charge on any atom is 0.303 e. The fraction of sp³-hybridized carbons (Fsp3) is 0.167. The molecule has 10 heteroatoms. The highest BCUT2D eigenvalue weighted by Crippen LogP contribution is 2.40. The van der Waals surface area contributed by atoms with Gasteiger partial charge in [-0.15, -0.1) is 0 Å². The predicted molar refractivity (Wildman–Crippen MR) is 102 cm³/mol. The average molecular weight is 376 g/mol. The number of carboxylic acids is 1. The molecule has 10 nitrogen and oxygen atoms in total. The van der Waals surface area contributed by atoms with Gasteiger partial charge in [-0.1, -0.05) is 24.3 Å². The van der Waals surface area contributed by atoms with E-state index < -0.39 is 12.0 Å². The number of aliphatic imine (C=N–C) groups is 1. The van der Waals surface area contributed by atoms with Crippen molar-refractivity contribution in [2.75, 3.05) is 16.8 Å². The van der Waals surface area contributed by atoms with Crippen LogP contribution in [-0.2, 0) is 11.2 Å². The second kappa shape index (κ2) is 7.51. The minimum Gasteiger partial charge on any atom is -0.481 e. The third kappa shape index (κ3) is 3.48. The summed E-state index contributed by atoms with van der Waals surface area (Å²) in [5.74, 6) is -0.409. The van der Waals surface area contributed by atoms with Crippen molar-refractivity contribution in [2.24, 2.45) is 4.99 Å². The minimum atomic E-state index is -0.867. The summed E-state index contributed by atoms with van der Waals surface area (Å²) in [5.41, 5.74) is 14.3. The third-order valence-corrected chi connectivity index (χ3v) is 4.28. The number of rotatable bonds is 4. The normalized spacial score (nSPS) is 14.6. The summed E-state index contributed by atoms with van der Waals surface area (Å²) < 4.78 is 0. The van der Waals surface area contributed by atoms with E-state index in [1.165, 1.54) is 0 Å². The smallest absolute Gasteiger partial charge is 0.303 e. The van der Waals surface area contributed by atoms with Gasteiger partial charge in [-0.25, -0.2) is 9.98 Å². The number of pyridine rings is 1. The van der Waals surface area contributed by atoms with Crippen molar-refractivity contribution in [3.05, 3.63) is 46.5 Å². The van der Waals surface area contributed by atoms with E-state index in [2.05, 4.69) is 20.6 Å². The lowest BCUT2D eigenvalue weighted by Crippen LogP contribution is -2.32. The number of fused-ring (bicyclic) bond motifs is 1. The van der Waals surface area contributed by atoms with Gasteiger partial charge in [-0.3, -0.25) is 10.1 Å². The molecule has 0 saturated heterocycles. The van der Waals surface area contributed by atoms with Gasteiger partial charge >= 0.3 is 5.97 Å². The maximum atomic E-state index is 10.7. The molecule has 1 aliphatic rings. The second-order valence-electron chi connectivity index (χ2n) is 6.04. The molecular weight excluding hydrogens is 360 g/mol. The lowest BCUT2D eigenvalue weighted by molar-refractivity contribution is -0.136. The van der Waals surface area contributed by atoms with E-state index in [1.807, 2.05) is 6.07 Å². The van der Waals surface area contributed by atoms with E-state index in [-0.39, 0.29) is 29.4 Å². The van der Waals surface area contributed by atoms with Crippen LogP contribution in [0.15, 0.2) is 29.3 Å². The highest BCUT2D eigenvalue weighted by molar-refractivity contribution is 5.98. The molecule has 0 radical (unpaired) electrons. The van der Waals surface area contributed by atoms with E-state index in [4.69, 9.17) is 21.8 Å². The number of hydrogen-bond donors (Lipinski definition) is 5. The van der Waals surface area contributed by atoms with E-state index in [0.717, 1.165) is 11.1 Å². The molecule has 2 heterocycles. The van der Waals surface area contributed by atoms with Gasteiger partial charge in [-0.05, 0) is 17.5 Å². The molecule has 3 rings (SSSR count). The summed E-state index contributed by atoms with van der Waals surface area (Å²) in [6.45, 7) is 0. The average Bonchev–Trinajstić information content (AvgIpc) is 2.66. The van der Waals surface area contributed by atoms with Gasteiger partial charge < -0.3 is 21.9 Å². The molecule has 7 N–H and O–H groups in total. The molecule has 0 spiro atoms. The summed E-state index contributed by atoms with van der Waals surface area (Å²) in [6, 6.07) is 8.53. The maximum absolute atomic E-state index is 10.7. The SMILES string of the molecule is N#CNC1=NC(c2ccc(CCC(=O)O)cc2)c2c(nc(N)c(C#N)c2N)N1. The van der Waals surface area contributed by atoms with Crippen LogP contribution in [0.1, 0.15) is 34.7 Å². The van der Waals surface area contributed by atoms with Gasteiger partial charge in [0.25, 0.3) is 0 Å². The summed E-state index contributed by atoms with van der Waals surface area (Å²) in [7, 11) is 0. The number of nitrogens with two attached hydrogens (primary N) is 2. The van der Waals surface area contributed by atoms with Crippen LogP contribution in [0.2, 0.25) is 0 Å². The number of carboxylic acid groups (broad SMARTS) is 1. The molecule has 2 aromatic rings. The van der Waals surface area contributed by atoms with E-state index >= 15 is 0 Å². The van der Waals surface area contributed by atoms with E-state index in [9.17, 15) is 10.1 Å². The van der Waals surface area contributed by atoms with Gasteiger partial charge in [0.2, 0.25) is 5.96 Å². The number of aliphatic carboxylic acids is 1. The van der Waals surface area contributed by atoms with Crippen LogP contribution in [0.3, 0.4) is 0 Å². The summed E-state index contributed by atoms with van der Waals surface area (Å²) in [5, 5.41) is 32.3. The van der Waals surface area contributed by atoms with Crippen LogP contribution in [0.5, 0.6) is 0 Å². The zero-order chi connectivity index (χ0) is 20.3. The number of nitrogens with zero attached hydrogens (tertiary/aromatic N) is 4. The first kappa shape index (κ1) is 18.5. The number of nitriles is 2. The van der Waals surface area contributed by atoms with Gasteiger partial charge in [0.05, 0.1) is 5.69 Å². The van der Waals surface area contributed by atoms with Gasteiger partial charge in [0.15, 0.2) is 6.19 Å². The number of aromatic nitrogens is 1. The predicted octanol–water partition coefficient (Wildman–Crippen LogP) is 1.08. The quantitative estimate of drug-likeness (QED) is 0.384. The van der Waals surface area contributed by atoms with Crippen molar-refractivity contribution in [2.45, 2.75) is 18.9 Å². The zero-order valence-electron chi connectivity index (χ0n) is 14.6. The van der Waals surface area contributed by atoms with Crippen molar-refractivity contribution in [1.82, 2.24) is 10.3 Å². The highest BCUT2D eigenvalue weighted by atomic mass is 16.4. The molecule has 0 fully saturated rings. The first-order valence-electron chi connectivity index (χ1n) is 8.24. The molecule has 1 aliphatic heterocycles. The van der Waals surface area contributed by atoms with Crippen LogP contribution < -0.4 is 22.1 Å². The lowest BCUT2D eigenvalue weighted by Gasteiger charge is -2.26. The minimum absolute atomic E-state index is 0.0211. The molecule has 1 atom stereocenters. The zero-order valence-corrected chi connectivity index (χ0v) is 14.6. The Morgan fingerprint density at radius 1 is 1.29 bits per heavy atom. The Hall–Kier alpha value is -4.31. The molecule has 0 saturated carbocycles. The molecule has 1 aromatic carbocycles. The third-order valence-electron chi connectivity index (χ3n) is 4.28. The molecule has 0 bridgehead atoms. The van der Waals surface area contributed by atoms with Crippen LogP contribution in [-0.4, -0.2) is 22.0 Å². The lowest BCUT2D eigenvalue weighted by atomic mass is 9.94. The molecule has 28 heavy (non-hydrogen) atoms. The van der Waals surface area contributed by atoms with Crippen molar-refractivity contribution >= 4 is 29.3 Å². The Kier molecular flexibility index (Phi) is 4.96. The topological polar surface area (TPSA) is 186 Å². The molecule has 1 unspecified atom stereocenters. The second-order valence-corrected chi connectivity index (χ2v) is 6.04. The molecule has 0 aliphatic carbocycles. The Morgan fingerprint density at radius 2 is 2.00 bits per heavy atom. The summed E-state index contributed by atoms with van der Waals surface area (Å²) in [4.78, 5) is 19.4. The molecule has 1 aromatic heterocycles. The van der Waals surface area contributed by atoms with Gasteiger partial charge in [0.1, 0.15) is 29.3 Å². The number of nitrogens with one attached hydrogen (secondary N) is 2. The number of anilines is 3. The Bertz CT molecular complexity index is 1050. The van der Waals surface area contributed by atoms with Crippen LogP contribution in [0.4, 0.5) is 17.3 Å². The highest BCUT2D eigenvalue weighted by Gasteiger charge is 2.29. The number of guanidine groups is 1. The van der Waals surface area contributed by atoms with Crippen molar-refractivity contribution in [3.8, 4) is 12.3 Å². The Morgan fingerprint density at radius 3 is 2.61 bits per heavy atom. The number of aryl methyl sites for hydroxylation is 1. The summed E-state index contributed by atoms with van der Waals surface area (Å²) >= 11 is 0. The van der Waals surface area contributed by atoms with E-state index in [0.29, 0.717) is 17.8 Å². The fourth-order valence-electron chi connectivity index (χ4n) is 2.94. The molecule has 0 amide bonds. The van der Waals surface area contributed by atoms with Gasteiger partial charge in [0, 0.05) is 12.0 Å². The van der Waals surface area contributed by atoms with Crippen molar-refractivity contribution in [3.63, 3.8) is 0 Å². The monoisotopic (exact) mass is 376 g/mol. The van der Waals surface area contributed by atoms with Crippen LogP contribution in [0, 0.1) is 22.8 Å².